The number of carbonyl (C=O) groups excluding carboxylic acids is 2. The van der Waals surface area contributed by atoms with E-state index in [9.17, 15) is 22.4 Å². The zero-order chi connectivity index (χ0) is 20.9. The van der Waals surface area contributed by atoms with Gasteiger partial charge in [-0.1, -0.05) is 31.5 Å². The monoisotopic (exact) mass is 433 g/mol. The van der Waals surface area contributed by atoms with Gasteiger partial charge in [-0.3, -0.25) is 9.52 Å². The minimum Gasteiger partial charge on any atom is -0.428 e. The van der Waals surface area contributed by atoms with Gasteiger partial charge in [0.15, 0.2) is 0 Å². The second-order valence-corrected chi connectivity index (χ2v) is 8.79. The van der Waals surface area contributed by atoms with Crippen LogP contribution in [0.1, 0.15) is 33.1 Å². The summed E-state index contributed by atoms with van der Waals surface area (Å²) in [6.07, 6.45) is 2.76. The predicted octanol–water partition coefficient (Wildman–Crippen LogP) is 3.40. The lowest BCUT2D eigenvalue weighted by molar-refractivity contribution is -0.167. The van der Waals surface area contributed by atoms with Crippen LogP contribution < -0.4 is 4.72 Å². The van der Waals surface area contributed by atoms with Gasteiger partial charge in [0.25, 0.3) is 0 Å². The molecule has 0 spiro atoms. The third kappa shape index (κ3) is 5.68. The lowest BCUT2D eigenvalue weighted by Gasteiger charge is -2.24. The Bertz CT molecular complexity index is 884. The van der Waals surface area contributed by atoms with E-state index in [1.807, 2.05) is 0 Å². The van der Waals surface area contributed by atoms with Crippen molar-refractivity contribution in [2.24, 2.45) is 5.92 Å². The molecule has 2 rings (SSSR count). The topological polar surface area (TPSA) is 98.8 Å². The van der Waals surface area contributed by atoms with Crippen LogP contribution in [0, 0.1) is 11.7 Å². The molecule has 0 heterocycles. The summed E-state index contributed by atoms with van der Waals surface area (Å²) in [6.45, 7) is 2.66. The second kappa shape index (κ2) is 9.38. The Balaban J connectivity index is 2.11. The average Bonchev–Trinajstić information content (AvgIpc) is 2.63. The fourth-order valence-corrected chi connectivity index (χ4v) is 4.47. The van der Waals surface area contributed by atoms with Gasteiger partial charge in [-0.2, -0.15) is 0 Å². The maximum atomic E-state index is 13.2. The summed E-state index contributed by atoms with van der Waals surface area (Å²) < 4.78 is 50.7. The number of benzene rings is 1. The lowest BCUT2D eigenvalue weighted by atomic mass is 9.99. The van der Waals surface area contributed by atoms with E-state index >= 15 is 0 Å². The zero-order valence-corrected chi connectivity index (χ0v) is 17.0. The molecular formula is C18H21ClFNO6S. The van der Waals surface area contributed by atoms with Crippen LogP contribution in [0.4, 0.5) is 10.1 Å². The molecule has 1 aliphatic rings. The first-order valence-electron chi connectivity index (χ1n) is 8.62. The van der Waals surface area contributed by atoms with Gasteiger partial charge in [-0.25, -0.2) is 17.6 Å². The van der Waals surface area contributed by atoms with E-state index in [0.717, 1.165) is 12.1 Å². The molecule has 0 saturated heterocycles. The van der Waals surface area contributed by atoms with Crippen LogP contribution in [0.5, 0.6) is 0 Å². The number of sulfonamides is 1. The molecule has 1 aliphatic carbocycles. The molecule has 10 heteroatoms. The average molecular weight is 434 g/mol. The quantitative estimate of drug-likeness (QED) is 0.522. The van der Waals surface area contributed by atoms with Gasteiger partial charge in [-0.05, 0) is 37.5 Å². The summed E-state index contributed by atoms with van der Waals surface area (Å²) in [5.74, 6) is -2.41. The minimum absolute atomic E-state index is 0.00669. The normalized spacial score (nSPS) is 17.0. The van der Waals surface area contributed by atoms with Crippen LogP contribution in [0.25, 0.3) is 0 Å². The highest BCUT2D eigenvalue weighted by atomic mass is 35.5. The van der Waals surface area contributed by atoms with Gasteiger partial charge in [0, 0.05) is 0 Å². The van der Waals surface area contributed by atoms with Gasteiger partial charge >= 0.3 is 11.9 Å². The Hall–Kier alpha value is -2.13. The van der Waals surface area contributed by atoms with Crippen molar-refractivity contribution in [3.63, 3.8) is 0 Å². The van der Waals surface area contributed by atoms with Crippen molar-refractivity contribution in [2.75, 3.05) is 11.5 Å². The molecular weight excluding hydrogens is 413 g/mol. The number of halogens is 2. The smallest absolute Gasteiger partial charge is 0.337 e. The summed E-state index contributed by atoms with van der Waals surface area (Å²) in [5.41, 5.74) is -0.0372. The van der Waals surface area contributed by atoms with Gasteiger partial charge in [-0.15, -0.1) is 0 Å². The standard InChI is InChI=1S/C18H21ClFNO6S/c1-11(2)17(22)26-10-27-18(23)13-5-3-4-6-16(13)28(24,25)21-15-8-7-12(20)9-14(15)19/h5,7-9,11,16,21H,3-4,6,10H2,1-2H3. The van der Waals surface area contributed by atoms with E-state index in [1.54, 1.807) is 13.8 Å². The number of nitrogens with one attached hydrogen (secondary N) is 1. The molecule has 0 aromatic heterocycles. The number of allylic oxidation sites excluding steroid dienone is 1. The van der Waals surface area contributed by atoms with Gasteiger partial charge in [0.1, 0.15) is 11.1 Å². The number of rotatable bonds is 7. The molecule has 1 N–H and O–H groups in total. The van der Waals surface area contributed by atoms with E-state index in [0.29, 0.717) is 12.8 Å². The number of hydrogen-bond acceptors (Lipinski definition) is 6. The van der Waals surface area contributed by atoms with Crippen LogP contribution >= 0.6 is 11.6 Å². The Morgan fingerprint density at radius 2 is 2.04 bits per heavy atom. The predicted molar refractivity (Wildman–Crippen MR) is 102 cm³/mol. The van der Waals surface area contributed by atoms with E-state index in [-0.39, 0.29) is 28.6 Å². The fourth-order valence-electron chi connectivity index (χ4n) is 2.57. The third-order valence-corrected chi connectivity index (χ3v) is 6.09. The molecule has 1 atom stereocenters. The molecule has 28 heavy (non-hydrogen) atoms. The molecule has 0 saturated carbocycles. The maximum Gasteiger partial charge on any atom is 0.337 e. The zero-order valence-electron chi connectivity index (χ0n) is 15.4. The van der Waals surface area contributed by atoms with Crippen LogP contribution in [-0.2, 0) is 29.1 Å². The van der Waals surface area contributed by atoms with Gasteiger partial charge < -0.3 is 9.47 Å². The molecule has 0 amide bonds. The number of hydrogen-bond donors (Lipinski definition) is 1. The van der Waals surface area contributed by atoms with Crippen molar-refractivity contribution < 1.29 is 31.9 Å². The lowest BCUT2D eigenvalue weighted by Crippen LogP contribution is -2.35. The van der Waals surface area contributed by atoms with Crippen molar-refractivity contribution in [3.05, 3.63) is 40.7 Å². The molecule has 1 unspecified atom stereocenters. The number of carbonyl (C=O) groups is 2. The van der Waals surface area contributed by atoms with Crippen LogP contribution in [-0.4, -0.2) is 32.4 Å². The summed E-state index contributed by atoms with van der Waals surface area (Å²) in [5, 5.41) is -1.27. The molecule has 0 bridgehead atoms. The minimum atomic E-state index is -4.05. The van der Waals surface area contributed by atoms with Gasteiger partial charge in [0.05, 0.1) is 22.2 Å². The molecule has 7 nitrogen and oxygen atoms in total. The molecule has 0 fully saturated rings. The number of esters is 2. The maximum absolute atomic E-state index is 13.2. The van der Waals surface area contributed by atoms with E-state index < -0.39 is 39.8 Å². The third-order valence-electron chi connectivity index (χ3n) is 4.04. The summed E-state index contributed by atoms with van der Waals surface area (Å²) >= 11 is 5.88. The Labute approximate surface area is 167 Å². The Morgan fingerprint density at radius 3 is 2.68 bits per heavy atom. The summed E-state index contributed by atoms with van der Waals surface area (Å²) in [7, 11) is -4.05. The number of anilines is 1. The highest BCUT2D eigenvalue weighted by Crippen LogP contribution is 2.30. The van der Waals surface area contributed by atoms with Crippen molar-refractivity contribution in [1.82, 2.24) is 0 Å². The number of ether oxygens (including phenoxy) is 2. The Kier molecular flexibility index (Phi) is 7.42. The first kappa shape index (κ1) is 22.2. The van der Waals surface area contributed by atoms with Crippen LogP contribution in [0.15, 0.2) is 29.8 Å². The fraction of sp³-hybridized carbons (Fsp3) is 0.444. The molecule has 0 radical (unpaired) electrons. The van der Waals surface area contributed by atoms with Crippen LogP contribution in [0.3, 0.4) is 0 Å². The first-order valence-corrected chi connectivity index (χ1v) is 10.5. The summed E-state index contributed by atoms with van der Waals surface area (Å²) in [6, 6.07) is 3.25. The molecule has 1 aromatic carbocycles. The van der Waals surface area contributed by atoms with Crippen molar-refractivity contribution in [2.45, 2.75) is 38.4 Å². The highest BCUT2D eigenvalue weighted by Gasteiger charge is 2.35. The van der Waals surface area contributed by atoms with Crippen LogP contribution in [0.2, 0.25) is 5.02 Å². The molecule has 154 valence electrons. The largest absolute Gasteiger partial charge is 0.428 e. The molecule has 0 aliphatic heterocycles. The van der Waals surface area contributed by atoms with E-state index in [2.05, 4.69) is 4.72 Å². The molecule has 1 aromatic rings. The van der Waals surface area contributed by atoms with E-state index in [1.165, 1.54) is 12.1 Å². The van der Waals surface area contributed by atoms with E-state index in [4.69, 9.17) is 21.1 Å². The van der Waals surface area contributed by atoms with Crippen molar-refractivity contribution >= 4 is 39.3 Å². The van der Waals surface area contributed by atoms with Crippen molar-refractivity contribution in [1.29, 1.82) is 0 Å². The first-order chi connectivity index (χ1) is 13.1. The second-order valence-electron chi connectivity index (χ2n) is 6.52. The highest BCUT2D eigenvalue weighted by molar-refractivity contribution is 7.93. The summed E-state index contributed by atoms with van der Waals surface area (Å²) in [4.78, 5) is 23.7. The Morgan fingerprint density at radius 1 is 1.32 bits per heavy atom. The van der Waals surface area contributed by atoms with Gasteiger partial charge in [0.2, 0.25) is 16.8 Å². The SMILES string of the molecule is CC(C)C(=O)OCOC(=O)C1=CCCCC1S(=O)(=O)Nc1ccc(F)cc1Cl. The van der Waals surface area contributed by atoms with Crippen molar-refractivity contribution in [3.8, 4) is 0 Å².